The van der Waals surface area contributed by atoms with Crippen molar-refractivity contribution >= 4 is 24.3 Å². The van der Waals surface area contributed by atoms with Crippen LogP contribution in [0.5, 0.6) is 11.5 Å². The fourth-order valence-corrected chi connectivity index (χ4v) is 53.6. The minimum absolute atomic E-state index is 0. The third-order valence-corrected chi connectivity index (χ3v) is 52.4. The molecule has 0 amide bonds. The molecule has 2 heterocycles. The zero-order valence-corrected chi connectivity index (χ0v) is 71.4. The second kappa shape index (κ2) is 29.7. The van der Waals surface area contributed by atoms with E-state index >= 15 is 0 Å². The van der Waals surface area contributed by atoms with Crippen LogP contribution in [-0.2, 0) is 62.2 Å². The van der Waals surface area contributed by atoms with Gasteiger partial charge in [0.05, 0.1) is 0 Å². The minimum atomic E-state index is -2.65. The summed E-state index contributed by atoms with van der Waals surface area (Å²) in [5.74, 6) is 3.80. The quantitative estimate of drug-likeness (QED) is 0.137. The molecule has 6 aromatic carbocycles. The van der Waals surface area contributed by atoms with Crippen LogP contribution < -0.4 is 22.6 Å². The zero-order chi connectivity index (χ0) is 71.0. The van der Waals surface area contributed by atoms with Gasteiger partial charge in [0.25, 0.3) is 0 Å². The molecule has 4 unspecified atom stereocenters. The average Bonchev–Trinajstić information content (AvgIpc) is 1.55. The van der Waals surface area contributed by atoms with Crippen LogP contribution in [0.1, 0.15) is 357 Å². The van der Waals surface area contributed by atoms with Crippen molar-refractivity contribution in [2.45, 2.75) is 295 Å². The molecule has 0 saturated carbocycles. The van der Waals surface area contributed by atoms with Gasteiger partial charge in [0.2, 0.25) is 0 Å². The van der Waals surface area contributed by atoms with Gasteiger partial charge in [-0.15, -0.1) is 11.5 Å². The first kappa shape index (κ1) is 78.7. The number of rotatable bonds is 10. The van der Waals surface area contributed by atoms with Crippen LogP contribution in [-0.4, -0.2) is 0 Å². The Bertz CT molecular complexity index is 3730. The molecule has 4 atom stereocenters. The maximum absolute atomic E-state index is 11.7. The molecule has 0 radical (unpaired) electrons. The van der Waals surface area contributed by atoms with Crippen LogP contribution in [0.25, 0.3) is 24.3 Å². The Balaban J connectivity index is 0.000000176. The number of allylic oxidation sites excluding steroid dienone is 4. The number of hydrogen-bond acceptors (Lipinski definition) is 2. The van der Waals surface area contributed by atoms with Gasteiger partial charge in [0, 0.05) is 0 Å². The van der Waals surface area contributed by atoms with Crippen LogP contribution in [0.15, 0.2) is 119 Å². The van der Waals surface area contributed by atoms with Crippen molar-refractivity contribution in [3.8, 4) is 11.5 Å². The van der Waals surface area contributed by atoms with Gasteiger partial charge in [-0.2, -0.15) is 0 Å². The van der Waals surface area contributed by atoms with Gasteiger partial charge in [0.1, 0.15) is 0 Å². The largest absolute Gasteiger partial charge is 1.00 e. The molecular formula is C92H126ClO2Zr2-3. The summed E-state index contributed by atoms with van der Waals surface area (Å²) >= 11 is -5.21. The van der Waals surface area contributed by atoms with E-state index in [4.69, 9.17) is 0 Å². The van der Waals surface area contributed by atoms with E-state index < -0.39 is 40.5 Å². The molecule has 6 aliphatic rings. The molecule has 4 aliphatic carbocycles. The van der Waals surface area contributed by atoms with E-state index in [1.807, 2.05) is 12.1 Å². The van der Waals surface area contributed by atoms with Crippen molar-refractivity contribution in [1.82, 2.24) is 0 Å². The molecule has 0 aromatic heterocycles. The van der Waals surface area contributed by atoms with Gasteiger partial charge in [0.15, 0.2) is 0 Å². The molecule has 2 nitrogen and oxygen atoms in total. The minimum Gasteiger partial charge on any atom is -1.00 e. The number of benzene rings is 6. The zero-order valence-electron chi connectivity index (χ0n) is 65.8. The first-order valence-electron chi connectivity index (χ1n) is 37.5. The van der Waals surface area contributed by atoms with Gasteiger partial charge < -0.3 is 22.6 Å². The van der Waals surface area contributed by atoms with E-state index in [0.29, 0.717) is 35.5 Å². The van der Waals surface area contributed by atoms with E-state index in [9.17, 15) is 10.2 Å². The number of fused-ring (bicyclic) bond motifs is 4. The van der Waals surface area contributed by atoms with E-state index in [1.54, 1.807) is 129 Å². The smallest absolute Gasteiger partial charge is 1.00 e. The number of hydrogen-bond donors (Lipinski definition) is 0. The molecule has 0 N–H and O–H groups in total. The summed E-state index contributed by atoms with van der Waals surface area (Å²) in [6.45, 7) is 63.8. The average molecular weight is 1480 g/mol. The summed E-state index contributed by atoms with van der Waals surface area (Å²) in [4.78, 5) is 0. The van der Waals surface area contributed by atoms with Crippen LogP contribution >= 0.6 is 0 Å². The van der Waals surface area contributed by atoms with Crippen molar-refractivity contribution in [1.29, 1.82) is 0 Å². The summed E-state index contributed by atoms with van der Waals surface area (Å²) in [5, 5.41) is 23.5. The molecule has 2 fully saturated rings. The molecule has 97 heavy (non-hydrogen) atoms. The maximum atomic E-state index is 11.7. The Hall–Kier alpha value is -4.06. The Morgan fingerprint density at radius 3 is 0.887 bits per heavy atom. The van der Waals surface area contributed by atoms with Crippen LogP contribution in [0.3, 0.4) is 0 Å². The van der Waals surface area contributed by atoms with Gasteiger partial charge in [-0.05, 0) is 32.8 Å². The van der Waals surface area contributed by atoms with Crippen LogP contribution in [0.4, 0.5) is 0 Å². The van der Waals surface area contributed by atoms with Crippen molar-refractivity contribution < 1.29 is 63.2 Å². The molecule has 6 aromatic rings. The molecule has 2 aliphatic heterocycles. The summed E-state index contributed by atoms with van der Waals surface area (Å²) in [6, 6.07) is 36.2. The summed E-state index contributed by atoms with van der Waals surface area (Å²) in [5.41, 5.74) is 33.6. The second-order valence-corrected chi connectivity index (χ2v) is 59.5. The molecule has 0 bridgehead atoms. The first-order chi connectivity index (χ1) is 44.5. The summed E-state index contributed by atoms with van der Waals surface area (Å²) in [7, 11) is 0. The maximum Gasteiger partial charge on any atom is -1.00 e. The topological polar surface area (TPSA) is 46.1 Å². The second-order valence-electron chi connectivity index (χ2n) is 36.7. The van der Waals surface area contributed by atoms with Gasteiger partial charge in [-0.3, -0.25) is 0 Å². The molecule has 524 valence electrons. The molecule has 2 saturated heterocycles. The Labute approximate surface area is 607 Å². The molecule has 12 rings (SSSR count). The fourth-order valence-electron chi connectivity index (χ4n) is 18.0. The Kier molecular flexibility index (Phi) is 24.1. The Morgan fingerprint density at radius 2 is 0.619 bits per heavy atom. The van der Waals surface area contributed by atoms with Crippen LogP contribution in [0, 0.1) is 0 Å². The molecule has 0 spiro atoms. The van der Waals surface area contributed by atoms with Crippen molar-refractivity contribution in [2.75, 3.05) is 0 Å². The normalized spacial score (nSPS) is 19.6. The predicted molar refractivity (Wildman–Crippen MR) is 411 cm³/mol. The monoisotopic (exact) mass is 1480 g/mol. The van der Waals surface area contributed by atoms with Gasteiger partial charge in [-0.25, -0.2) is 0 Å². The molecular weight excluding hydrogens is 1350 g/mol. The van der Waals surface area contributed by atoms with Crippen molar-refractivity contribution in [2.24, 2.45) is 0 Å². The first-order valence-corrected chi connectivity index (χ1v) is 50.2. The van der Waals surface area contributed by atoms with Crippen LogP contribution in [0.2, 0.25) is 16.5 Å². The third kappa shape index (κ3) is 15.9. The predicted octanol–water partition coefficient (Wildman–Crippen LogP) is 23.8. The van der Waals surface area contributed by atoms with Gasteiger partial charge >= 0.3 is 416 Å². The van der Waals surface area contributed by atoms with E-state index in [1.165, 1.54) is 24.0 Å². The summed E-state index contributed by atoms with van der Waals surface area (Å²) < 4.78 is 9.21. The Morgan fingerprint density at radius 1 is 0.330 bits per heavy atom. The van der Waals surface area contributed by atoms with E-state index in [0.717, 1.165) is 25.6 Å². The SMILES string of the molecule is CC(C)(C)c1ccc([O-])c(C(C)(C)C)c1.CC(C)(C)c1ccc([O-])c(C(C)(C)C)c1.CC1=Cc2c(C(C)C)cc(C(C)C)cc2[CH]1[Zr]1([CH]2C(C)=Cc3c(C(C)C)cc(C(C)C)cc32)[CH2][CH2]1.CC1=Cc2c(C(C)C)cccc2[CH]1[Zr]1([CH]2C(C)=Cc3c(C(C)C)cccc32)[CH2]CC[CH2]1.[Cl-]. The summed E-state index contributed by atoms with van der Waals surface area (Å²) in [6.07, 6.45) is 13.3. The van der Waals surface area contributed by atoms with E-state index in [-0.39, 0.29) is 45.6 Å². The molecule has 5 heteroatoms. The standard InChI is InChI=1S/2C16H21.2C14H22O.2C13H15.C4H8.C2H4.ClH.2Zr/c2*1-10(2)13-8-14-6-12(5)7-16(14)15(9-13)11(3)4;2*1-13(2,3)10-7-8-12(15)11(9-10)14(4,5)6;2*1-9(2)12-6-4-5-11-7-10(3)8-13(11)12;1-3-4-2;1-2;;;/h2*6-11H,1-5H3;2*7-9,15H,1-6H3;2*4-9H,1-3H3;1-4H2;1-2H2;1H;;/p-3. The number of halogens is 1. The fraction of sp³-hybridized carbons (Fsp3) is 0.522. The third-order valence-electron chi connectivity index (χ3n) is 23.2. The van der Waals surface area contributed by atoms with Crippen molar-refractivity contribution in [3.05, 3.63) is 219 Å². The van der Waals surface area contributed by atoms with Gasteiger partial charge in [-0.1, -0.05) is 131 Å². The van der Waals surface area contributed by atoms with E-state index in [2.05, 4.69) is 291 Å². The van der Waals surface area contributed by atoms with Crippen molar-refractivity contribution in [3.63, 3.8) is 0 Å².